The Morgan fingerprint density at radius 1 is 1.25 bits per heavy atom. The maximum Gasteiger partial charge on any atom is 0.276 e. The molecular weight excluding hydrogens is 422 g/mol. The molecule has 0 bridgehead atoms. The van der Waals surface area contributed by atoms with E-state index in [1.54, 1.807) is 30.3 Å². The first kappa shape index (κ1) is 20.6. The third-order valence-corrected chi connectivity index (χ3v) is 4.90. The van der Waals surface area contributed by atoms with Gasteiger partial charge < -0.3 is 10.1 Å². The van der Waals surface area contributed by atoms with E-state index in [1.807, 2.05) is 6.92 Å². The van der Waals surface area contributed by atoms with Gasteiger partial charge in [-0.2, -0.15) is 0 Å². The van der Waals surface area contributed by atoms with Gasteiger partial charge >= 0.3 is 0 Å². The van der Waals surface area contributed by atoms with E-state index < -0.39 is 0 Å². The number of thiocarbonyl (C=S) groups is 1. The molecule has 1 fully saturated rings. The van der Waals surface area contributed by atoms with Gasteiger partial charge in [-0.3, -0.25) is 9.69 Å². The number of halogens is 3. The molecule has 1 N–H and O–H groups in total. The average Bonchev–Trinajstić information content (AvgIpc) is 2.89. The second kappa shape index (κ2) is 8.90. The number of carbonyl (C=O) groups excluding carboxylic acids is 1. The lowest BCUT2D eigenvalue weighted by molar-refractivity contribution is -0.122. The SMILES string of the molecule is CCCN1C(=O)/C(=C/c2cc(Cl)c(OCc3cccc(F)c3)c(Cl)c2)NC1=S. The summed E-state index contributed by atoms with van der Waals surface area (Å²) >= 11 is 17.8. The minimum Gasteiger partial charge on any atom is -0.486 e. The number of carbonyl (C=O) groups is 1. The third kappa shape index (κ3) is 4.63. The van der Waals surface area contributed by atoms with Crippen LogP contribution in [0.3, 0.4) is 0 Å². The fraction of sp³-hybridized carbons (Fsp3) is 0.200. The third-order valence-electron chi connectivity index (χ3n) is 4.01. The average molecular weight is 439 g/mol. The van der Waals surface area contributed by atoms with E-state index in [-0.39, 0.29) is 28.4 Å². The second-order valence-electron chi connectivity index (χ2n) is 6.18. The number of ether oxygens (including phenoxy) is 1. The molecule has 2 aromatic carbocycles. The van der Waals surface area contributed by atoms with Crippen molar-refractivity contribution >= 4 is 52.5 Å². The Morgan fingerprint density at radius 3 is 2.61 bits per heavy atom. The summed E-state index contributed by atoms with van der Waals surface area (Å²) in [5, 5.41) is 3.86. The summed E-state index contributed by atoms with van der Waals surface area (Å²) in [4.78, 5) is 13.9. The molecule has 2 aromatic rings. The smallest absolute Gasteiger partial charge is 0.276 e. The van der Waals surface area contributed by atoms with Crippen molar-refractivity contribution in [1.82, 2.24) is 10.2 Å². The van der Waals surface area contributed by atoms with Crippen molar-refractivity contribution < 1.29 is 13.9 Å². The molecule has 1 heterocycles. The molecular formula is C20H17Cl2FN2O2S. The molecule has 0 aromatic heterocycles. The first-order valence-corrected chi connectivity index (χ1v) is 9.76. The van der Waals surface area contributed by atoms with E-state index in [4.69, 9.17) is 40.2 Å². The summed E-state index contributed by atoms with van der Waals surface area (Å²) in [5.41, 5.74) is 1.65. The second-order valence-corrected chi connectivity index (χ2v) is 7.38. The molecule has 146 valence electrons. The first-order valence-electron chi connectivity index (χ1n) is 8.60. The Morgan fingerprint density at radius 2 is 1.96 bits per heavy atom. The van der Waals surface area contributed by atoms with Crippen molar-refractivity contribution in [2.75, 3.05) is 6.54 Å². The quantitative estimate of drug-likeness (QED) is 0.498. The van der Waals surface area contributed by atoms with Crippen LogP contribution < -0.4 is 10.1 Å². The van der Waals surface area contributed by atoms with Gasteiger partial charge in [0.15, 0.2) is 10.9 Å². The standard InChI is InChI=1S/C20H17Cl2FN2O2S/c1-2-6-25-19(26)17(24-20(25)28)10-13-8-15(21)18(16(22)9-13)27-11-12-4-3-5-14(23)7-12/h3-5,7-10H,2,6,11H2,1H3,(H,24,28)/b17-10-. The van der Waals surface area contributed by atoms with Crippen LogP contribution in [0.25, 0.3) is 6.08 Å². The fourth-order valence-electron chi connectivity index (χ4n) is 2.75. The molecule has 1 saturated heterocycles. The van der Waals surface area contributed by atoms with E-state index in [9.17, 15) is 9.18 Å². The van der Waals surface area contributed by atoms with Gasteiger partial charge in [0.2, 0.25) is 0 Å². The maximum absolute atomic E-state index is 13.3. The zero-order valence-corrected chi connectivity index (χ0v) is 17.3. The predicted molar refractivity (Wildman–Crippen MR) is 113 cm³/mol. The lowest BCUT2D eigenvalue weighted by Crippen LogP contribution is -2.31. The summed E-state index contributed by atoms with van der Waals surface area (Å²) in [7, 11) is 0. The van der Waals surface area contributed by atoms with Crippen molar-refractivity contribution in [1.29, 1.82) is 0 Å². The van der Waals surface area contributed by atoms with Gasteiger partial charge in [0.05, 0.1) is 10.0 Å². The van der Waals surface area contributed by atoms with Crippen LogP contribution in [0.5, 0.6) is 5.75 Å². The number of benzene rings is 2. The number of hydrogen-bond donors (Lipinski definition) is 1. The Balaban J connectivity index is 1.78. The number of nitrogens with zero attached hydrogens (tertiary/aromatic N) is 1. The van der Waals surface area contributed by atoms with Gasteiger partial charge in [-0.1, -0.05) is 42.3 Å². The van der Waals surface area contributed by atoms with E-state index in [1.165, 1.54) is 17.0 Å². The summed E-state index contributed by atoms with van der Waals surface area (Å²) in [6.07, 6.45) is 2.44. The summed E-state index contributed by atoms with van der Waals surface area (Å²) in [6.45, 7) is 2.65. The molecule has 1 amide bonds. The van der Waals surface area contributed by atoms with Gasteiger partial charge in [0.1, 0.15) is 18.1 Å². The van der Waals surface area contributed by atoms with Crippen molar-refractivity contribution in [3.63, 3.8) is 0 Å². The van der Waals surface area contributed by atoms with Gasteiger partial charge in [-0.25, -0.2) is 4.39 Å². The lowest BCUT2D eigenvalue weighted by atomic mass is 10.1. The number of nitrogens with one attached hydrogen (secondary N) is 1. The van der Waals surface area contributed by atoms with Gasteiger partial charge in [0.25, 0.3) is 5.91 Å². The normalized spacial score (nSPS) is 15.3. The molecule has 4 nitrogen and oxygen atoms in total. The highest BCUT2D eigenvalue weighted by Gasteiger charge is 2.29. The van der Waals surface area contributed by atoms with E-state index >= 15 is 0 Å². The molecule has 0 atom stereocenters. The Labute approximate surface area is 177 Å². The van der Waals surface area contributed by atoms with Crippen LogP contribution in [0.1, 0.15) is 24.5 Å². The molecule has 0 radical (unpaired) electrons. The molecule has 0 spiro atoms. The number of hydrogen-bond acceptors (Lipinski definition) is 3. The largest absolute Gasteiger partial charge is 0.486 e. The zero-order valence-electron chi connectivity index (χ0n) is 15.0. The van der Waals surface area contributed by atoms with Crippen LogP contribution in [0, 0.1) is 5.82 Å². The monoisotopic (exact) mass is 438 g/mol. The number of amides is 1. The van der Waals surface area contributed by atoms with E-state index in [2.05, 4.69) is 5.32 Å². The molecule has 1 aliphatic heterocycles. The molecule has 28 heavy (non-hydrogen) atoms. The highest BCUT2D eigenvalue weighted by Crippen LogP contribution is 2.35. The summed E-state index contributed by atoms with van der Waals surface area (Å²) < 4.78 is 18.9. The fourth-order valence-corrected chi connectivity index (χ4v) is 3.65. The molecule has 3 rings (SSSR count). The van der Waals surface area contributed by atoms with Crippen molar-refractivity contribution in [2.24, 2.45) is 0 Å². The lowest BCUT2D eigenvalue weighted by Gasteiger charge is -2.12. The molecule has 0 aliphatic carbocycles. The van der Waals surface area contributed by atoms with Crippen LogP contribution in [0.4, 0.5) is 4.39 Å². The minimum absolute atomic E-state index is 0.123. The van der Waals surface area contributed by atoms with Crippen LogP contribution in [-0.4, -0.2) is 22.5 Å². The summed E-state index contributed by atoms with van der Waals surface area (Å²) in [5.74, 6) is -0.238. The van der Waals surface area contributed by atoms with Crippen molar-refractivity contribution in [3.8, 4) is 5.75 Å². The van der Waals surface area contributed by atoms with Crippen LogP contribution in [0.15, 0.2) is 42.1 Å². The van der Waals surface area contributed by atoms with Crippen molar-refractivity contribution in [2.45, 2.75) is 20.0 Å². The molecule has 0 unspecified atom stereocenters. The van der Waals surface area contributed by atoms with Crippen LogP contribution in [-0.2, 0) is 11.4 Å². The van der Waals surface area contributed by atoms with Crippen molar-refractivity contribution in [3.05, 3.63) is 69.1 Å². The first-order chi connectivity index (χ1) is 13.4. The Hall–Kier alpha value is -2.15. The molecule has 0 saturated carbocycles. The predicted octanol–water partition coefficient (Wildman–Crippen LogP) is 5.18. The van der Waals surface area contributed by atoms with Gasteiger partial charge in [-0.15, -0.1) is 0 Å². The zero-order chi connectivity index (χ0) is 20.3. The molecule has 1 aliphatic rings. The van der Waals surface area contributed by atoms with E-state index in [0.29, 0.717) is 34.2 Å². The maximum atomic E-state index is 13.3. The molecule has 8 heteroatoms. The number of rotatable bonds is 6. The summed E-state index contributed by atoms with van der Waals surface area (Å²) in [6, 6.07) is 9.36. The Bertz CT molecular complexity index is 942. The minimum atomic E-state index is -0.343. The van der Waals surface area contributed by atoms with Gasteiger partial charge in [-0.05, 0) is 60.1 Å². The topological polar surface area (TPSA) is 41.6 Å². The van der Waals surface area contributed by atoms with E-state index in [0.717, 1.165) is 6.42 Å². The van der Waals surface area contributed by atoms with Crippen LogP contribution in [0.2, 0.25) is 10.0 Å². The van der Waals surface area contributed by atoms with Crippen LogP contribution >= 0.6 is 35.4 Å². The highest BCUT2D eigenvalue weighted by atomic mass is 35.5. The Kier molecular flexibility index (Phi) is 6.54. The highest BCUT2D eigenvalue weighted by molar-refractivity contribution is 7.80. The van der Waals surface area contributed by atoms with Gasteiger partial charge in [0, 0.05) is 6.54 Å².